The molecular formula is C21H26N4O3. The summed E-state index contributed by atoms with van der Waals surface area (Å²) in [6.07, 6.45) is 0.770. The van der Waals surface area contributed by atoms with E-state index in [1.807, 2.05) is 48.5 Å². The number of aliphatic imine (C=N–C) groups is 1. The van der Waals surface area contributed by atoms with Crippen LogP contribution < -0.4 is 25.4 Å². The maximum Gasteiger partial charge on any atom is 0.221 e. The quantitative estimate of drug-likeness (QED) is 0.527. The molecule has 0 spiro atoms. The molecule has 0 aliphatic carbocycles. The van der Waals surface area contributed by atoms with Gasteiger partial charge in [-0.2, -0.15) is 0 Å². The highest BCUT2D eigenvalue weighted by atomic mass is 16.6. The predicted octanol–water partition coefficient (Wildman–Crippen LogP) is 2.19. The van der Waals surface area contributed by atoms with Crippen molar-refractivity contribution in [2.75, 3.05) is 32.1 Å². The van der Waals surface area contributed by atoms with Gasteiger partial charge in [0.05, 0.1) is 6.54 Å². The van der Waals surface area contributed by atoms with Crippen LogP contribution in [-0.2, 0) is 11.2 Å². The number of fused-ring (bicyclic) bond motifs is 1. The molecule has 1 amide bonds. The molecular weight excluding hydrogens is 356 g/mol. The molecule has 1 heterocycles. The van der Waals surface area contributed by atoms with Crippen LogP contribution in [0.1, 0.15) is 12.5 Å². The third kappa shape index (κ3) is 5.64. The van der Waals surface area contributed by atoms with Gasteiger partial charge < -0.3 is 25.4 Å². The van der Waals surface area contributed by atoms with E-state index in [2.05, 4.69) is 20.9 Å². The van der Waals surface area contributed by atoms with E-state index in [1.165, 1.54) is 12.5 Å². The minimum absolute atomic E-state index is 0.0693. The average molecular weight is 382 g/mol. The Morgan fingerprint density at radius 3 is 2.57 bits per heavy atom. The van der Waals surface area contributed by atoms with Gasteiger partial charge in [-0.05, 0) is 36.2 Å². The number of para-hydroxylation sites is 2. The number of carbonyl (C=O) groups is 1. The summed E-state index contributed by atoms with van der Waals surface area (Å²) >= 11 is 0. The lowest BCUT2D eigenvalue weighted by atomic mass is 10.1. The van der Waals surface area contributed by atoms with Gasteiger partial charge in [-0.25, -0.2) is 0 Å². The van der Waals surface area contributed by atoms with Gasteiger partial charge >= 0.3 is 0 Å². The number of hydrogen-bond acceptors (Lipinski definition) is 4. The first kappa shape index (κ1) is 19.5. The standard InChI is InChI=1S/C21H26N4O3/c1-15(26)25-17-9-7-16(8-10-17)11-12-23-21(22-2)24-13-18-14-27-19-5-3-4-6-20(19)28-18/h3-10,18H,11-14H2,1-2H3,(H,25,26)(H2,22,23,24). The summed E-state index contributed by atoms with van der Waals surface area (Å²) in [6.45, 7) is 3.34. The van der Waals surface area contributed by atoms with Crippen molar-refractivity contribution < 1.29 is 14.3 Å². The molecule has 7 heteroatoms. The van der Waals surface area contributed by atoms with Gasteiger partial charge in [-0.3, -0.25) is 9.79 Å². The maximum absolute atomic E-state index is 11.1. The SMILES string of the molecule is CN=C(NCCc1ccc(NC(C)=O)cc1)NCC1COc2ccccc2O1. The van der Waals surface area contributed by atoms with Crippen molar-refractivity contribution in [3.8, 4) is 11.5 Å². The van der Waals surface area contributed by atoms with E-state index in [0.29, 0.717) is 13.2 Å². The Bertz CT molecular complexity index is 821. The number of ether oxygens (including phenoxy) is 2. The van der Waals surface area contributed by atoms with Crippen molar-refractivity contribution in [3.63, 3.8) is 0 Å². The second kappa shape index (κ2) is 9.64. The molecule has 0 radical (unpaired) electrons. The fourth-order valence-electron chi connectivity index (χ4n) is 2.88. The third-order valence-corrected chi connectivity index (χ3v) is 4.27. The Morgan fingerprint density at radius 1 is 1.11 bits per heavy atom. The fraction of sp³-hybridized carbons (Fsp3) is 0.333. The molecule has 2 aromatic carbocycles. The summed E-state index contributed by atoms with van der Waals surface area (Å²) in [6, 6.07) is 15.5. The maximum atomic E-state index is 11.1. The molecule has 0 fully saturated rings. The molecule has 1 unspecified atom stereocenters. The highest BCUT2D eigenvalue weighted by molar-refractivity contribution is 5.88. The van der Waals surface area contributed by atoms with Crippen molar-refractivity contribution in [1.29, 1.82) is 0 Å². The first-order chi connectivity index (χ1) is 13.6. The van der Waals surface area contributed by atoms with Crippen molar-refractivity contribution in [3.05, 3.63) is 54.1 Å². The van der Waals surface area contributed by atoms with Crippen LogP contribution >= 0.6 is 0 Å². The highest BCUT2D eigenvalue weighted by Crippen LogP contribution is 2.30. The third-order valence-electron chi connectivity index (χ3n) is 4.27. The molecule has 1 aliphatic rings. The summed E-state index contributed by atoms with van der Waals surface area (Å²) in [5, 5.41) is 9.33. The van der Waals surface area contributed by atoms with Gasteiger partial charge in [-0.15, -0.1) is 0 Å². The molecule has 3 N–H and O–H groups in total. The zero-order chi connectivity index (χ0) is 19.8. The van der Waals surface area contributed by atoms with E-state index < -0.39 is 0 Å². The summed E-state index contributed by atoms with van der Waals surface area (Å²) < 4.78 is 11.7. The molecule has 148 valence electrons. The predicted molar refractivity (Wildman–Crippen MR) is 110 cm³/mol. The lowest BCUT2D eigenvalue weighted by Gasteiger charge is -2.27. The number of guanidine groups is 1. The number of rotatable bonds is 6. The molecule has 2 aromatic rings. The van der Waals surface area contributed by atoms with Crippen LogP contribution in [0.15, 0.2) is 53.5 Å². The van der Waals surface area contributed by atoms with E-state index >= 15 is 0 Å². The van der Waals surface area contributed by atoms with Gasteiger partial charge in [0, 0.05) is 26.2 Å². The van der Waals surface area contributed by atoms with Crippen LogP contribution in [0.5, 0.6) is 11.5 Å². The lowest BCUT2D eigenvalue weighted by molar-refractivity contribution is -0.114. The van der Waals surface area contributed by atoms with Crippen LogP contribution in [0.3, 0.4) is 0 Å². The van der Waals surface area contributed by atoms with E-state index in [1.54, 1.807) is 7.05 Å². The largest absolute Gasteiger partial charge is 0.486 e. The van der Waals surface area contributed by atoms with E-state index in [-0.39, 0.29) is 12.0 Å². The van der Waals surface area contributed by atoms with E-state index in [4.69, 9.17) is 9.47 Å². The summed E-state index contributed by atoms with van der Waals surface area (Å²) in [4.78, 5) is 15.3. The Hall–Kier alpha value is -3.22. The average Bonchev–Trinajstić information content (AvgIpc) is 2.71. The van der Waals surface area contributed by atoms with E-state index in [0.717, 1.165) is 36.1 Å². The van der Waals surface area contributed by atoms with Crippen LogP contribution in [-0.4, -0.2) is 44.7 Å². The number of anilines is 1. The number of benzene rings is 2. The van der Waals surface area contributed by atoms with Gasteiger partial charge in [0.25, 0.3) is 0 Å². The molecule has 0 saturated carbocycles. The van der Waals surface area contributed by atoms with Gasteiger partial charge in [-0.1, -0.05) is 24.3 Å². The van der Waals surface area contributed by atoms with Crippen molar-refractivity contribution in [1.82, 2.24) is 10.6 Å². The number of nitrogens with zero attached hydrogens (tertiary/aromatic N) is 1. The van der Waals surface area contributed by atoms with Crippen molar-refractivity contribution in [2.45, 2.75) is 19.4 Å². The van der Waals surface area contributed by atoms with Gasteiger partial charge in [0.1, 0.15) is 12.7 Å². The fourth-order valence-corrected chi connectivity index (χ4v) is 2.88. The van der Waals surface area contributed by atoms with Crippen LogP contribution in [0.4, 0.5) is 5.69 Å². The minimum Gasteiger partial charge on any atom is -0.486 e. The molecule has 1 atom stereocenters. The molecule has 28 heavy (non-hydrogen) atoms. The monoisotopic (exact) mass is 382 g/mol. The highest BCUT2D eigenvalue weighted by Gasteiger charge is 2.20. The summed E-state index contributed by atoms with van der Waals surface area (Å²) in [5.74, 6) is 2.20. The minimum atomic E-state index is -0.0743. The Morgan fingerprint density at radius 2 is 1.86 bits per heavy atom. The van der Waals surface area contributed by atoms with Gasteiger partial charge in [0.15, 0.2) is 17.5 Å². The summed E-state index contributed by atoms with van der Waals surface area (Å²) in [5.41, 5.74) is 1.98. The zero-order valence-corrected chi connectivity index (χ0v) is 16.2. The molecule has 3 rings (SSSR count). The number of carbonyl (C=O) groups excluding carboxylic acids is 1. The van der Waals surface area contributed by atoms with Crippen molar-refractivity contribution >= 4 is 17.6 Å². The Kier molecular flexibility index (Phi) is 6.73. The van der Waals surface area contributed by atoms with Crippen LogP contribution in [0.2, 0.25) is 0 Å². The smallest absolute Gasteiger partial charge is 0.221 e. The first-order valence-corrected chi connectivity index (χ1v) is 9.33. The van der Waals surface area contributed by atoms with Gasteiger partial charge in [0.2, 0.25) is 5.91 Å². The number of nitrogens with one attached hydrogen (secondary N) is 3. The lowest BCUT2D eigenvalue weighted by Crippen LogP contribution is -2.45. The topological polar surface area (TPSA) is 84.0 Å². The second-order valence-electron chi connectivity index (χ2n) is 6.51. The molecule has 1 aliphatic heterocycles. The van der Waals surface area contributed by atoms with Crippen molar-refractivity contribution in [2.24, 2.45) is 4.99 Å². The summed E-state index contributed by atoms with van der Waals surface area (Å²) in [7, 11) is 1.74. The molecule has 0 saturated heterocycles. The Balaban J connectivity index is 1.40. The molecule has 0 bridgehead atoms. The van der Waals surface area contributed by atoms with Crippen LogP contribution in [0, 0.1) is 0 Å². The Labute approximate surface area is 165 Å². The molecule has 7 nitrogen and oxygen atoms in total. The first-order valence-electron chi connectivity index (χ1n) is 9.33. The number of hydrogen-bond donors (Lipinski definition) is 3. The number of amides is 1. The van der Waals surface area contributed by atoms with E-state index in [9.17, 15) is 4.79 Å². The molecule has 0 aromatic heterocycles. The zero-order valence-electron chi connectivity index (χ0n) is 16.2. The second-order valence-corrected chi connectivity index (χ2v) is 6.51. The van der Waals surface area contributed by atoms with Crippen LogP contribution in [0.25, 0.3) is 0 Å². The normalized spacial score (nSPS) is 15.6.